The lowest BCUT2D eigenvalue weighted by Gasteiger charge is -2.13. The third-order valence-electron chi connectivity index (χ3n) is 2.73. The number of rotatable bonds is 7. The number of hydrogen-bond acceptors (Lipinski definition) is 1. The summed E-state index contributed by atoms with van der Waals surface area (Å²) in [5.41, 5.74) is 1.21. The molecule has 1 aromatic rings. The zero-order valence-electron chi connectivity index (χ0n) is 11.2. The van der Waals surface area contributed by atoms with Gasteiger partial charge in [0.2, 0.25) is 5.91 Å². The Bertz CT molecular complexity index is 351. The van der Waals surface area contributed by atoms with Gasteiger partial charge in [-0.25, -0.2) is 0 Å². The van der Waals surface area contributed by atoms with Gasteiger partial charge in [-0.1, -0.05) is 60.1 Å². The molecule has 2 nitrogen and oxygen atoms in total. The second kappa shape index (κ2) is 8.30. The van der Waals surface area contributed by atoms with E-state index in [4.69, 9.17) is 0 Å². The van der Waals surface area contributed by atoms with Crippen molar-refractivity contribution in [2.24, 2.45) is 5.92 Å². The summed E-state index contributed by atoms with van der Waals surface area (Å²) in [5, 5.41) is 2.97. The normalized spacial score (nSPS) is 12.4. The van der Waals surface area contributed by atoms with Crippen molar-refractivity contribution < 1.29 is 4.79 Å². The van der Waals surface area contributed by atoms with Gasteiger partial charge in [-0.05, 0) is 24.3 Å². The molecule has 1 rings (SSSR count). The number of alkyl halides is 1. The second-order valence-corrected chi connectivity index (χ2v) is 6.31. The molecule has 100 valence electrons. The number of aryl methyl sites for hydroxylation is 1. The van der Waals surface area contributed by atoms with E-state index < -0.39 is 0 Å². The molecule has 0 aliphatic rings. The van der Waals surface area contributed by atoms with E-state index in [1.54, 1.807) is 0 Å². The van der Waals surface area contributed by atoms with Crippen LogP contribution >= 0.6 is 15.9 Å². The number of carbonyl (C=O) groups is 1. The van der Waals surface area contributed by atoms with Gasteiger partial charge in [-0.15, -0.1) is 0 Å². The molecule has 0 spiro atoms. The van der Waals surface area contributed by atoms with Crippen molar-refractivity contribution in [2.45, 2.75) is 37.9 Å². The summed E-state index contributed by atoms with van der Waals surface area (Å²) in [7, 11) is 0. The molecule has 0 bridgehead atoms. The highest BCUT2D eigenvalue weighted by molar-refractivity contribution is 9.09. The van der Waals surface area contributed by atoms with Crippen LogP contribution in [0.3, 0.4) is 0 Å². The molecule has 0 aromatic heterocycles. The van der Waals surface area contributed by atoms with Crippen LogP contribution in [0.2, 0.25) is 0 Å². The minimum atomic E-state index is 0.132. The summed E-state index contributed by atoms with van der Waals surface area (Å²) in [6.07, 6.45) is 2.45. The third-order valence-corrected chi connectivity index (χ3v) is 3.43. The van der Waals surface area contributed by atoms with Crippen LogP contribution in [0.25, 0.3) is 0 Å². The second-order valence-electron chi connectivity index (χ2n) is 5.02. The van der Waals surface area contributed by atoms with E-state index in [1.165, 1.54) is 5.56 Å². The molecule has 18 heavy (non-hydrogen) atoms. The lowest BCUT2D eigenvalue weighted by Crippen LogP contribution is -2.30. The van der Waals surface area contributed by atoms with E-state index >= 15 is 0 Å². The van der Waals surface area contributed by atoms with Crippen LogP contribution in [0.5, 0.6) is 0 Å². The Morgan fingerprint density at radius 3 is 2.56 bits per heavy atom. The molecule has 0 heterocycles. The zero-order valence-corrected chi connectivity index (χ0v) is 12.7. The van der Waals surface area contributed by atoms with Gasteiger partial charge in [0.05, 0.1) is 0 Å². The number of carbonyl (C=O) groups excluding carboxylic acids is 1. The SMILES string of the molecule is CC(C)CC(Br)CNC(=O)CCc1ccccc1. The Morgan fingerprint density at radius 1 is 1.28 bits per heavy atom. The van der Waals surface area contributed by atoms with Crippen molar-refractivity contribution in [2.75, 3.05) is 6.54 Å². The van der Waals surface area contributed by atoms with E-state index in [1.807, 2.05) is 18.2 Å². The maximum atomic E-state index is 11.7. The van der Waals surface area contributed by atoms with Gasteiger partial charge in [0.1, 0.15) is 0 Å². The van der Waals surface area contributed by atoms with Crippen molar-refractivity contribution in [3.63, 3.8) is 0 Å². The summed E-state index contributed by atoms with van der Waals surface area (Å²) >= 11 is 3.59. The zero-order chi connectivity index (χ0) is 13.4. The molecule has 0 saturated carbocycles. The quantitative estimate of drug-likeness (QED) is 0.767. The minimum Gasteiger partial charge on any atom is -0.355 e. The van der Waals surface area contributed by atoms with E-state index in [0.29, 0.717) is 23.7 Å². The van der Waals surface area contributed by atoms with Crippen molar-refractivity contribution in [1.82, 2.24) is 5.32 Å². The van der Waals surface area contributed by atoms with E-state index in [2.05, 4.69) is 47.2 Å². The minimum absolute atomic E-state index is 0.132. The number of nitrogens with one attached hydrogen (secondary N) is 1. The van der Waals surface area contributed by atoms with Gasteiger partial charge in [0.25, 0.3) is 0 Å². The maximum absolute atomic E-state index is 11.7. The molecule has 1 amide bonds. The number of amides is 1. The van der Waals surface area contributed by atoms with Crippen molar-refractivity contribution in [3.8, 4) is 0 Å². The number of benzene rings is 1. The Kier molecular flexibility index (Phi) is 7.02. The predicted octanol–water partition coefficient (Wildman–Crippen LogP) is 3.55. The molecule has 3 heteroatoms. The molecule has 0 radical (unpaired) electrons. The Morgan fingerprint density at radius 2 is 1.94 bits per heavy atom. The number of hydrogen-bond donors (Lipinski definition) is 1. The van der Waals surface area contributed by atoms with Crippen LogP contribution in [0, 0.1) is 5.92 Å². The van der Waals surface area contributed by atoms with Crippen LogP contribution < -0.4 is 5.32 Å². The van der Waals surface area contributed by atoms with Gasteiger partial charge in [-0.2, -0.15) is 0 Å². The monoisotopic (exact) mass is 311 g/mol. The maximum Gasteiger partial charge on any atom is 0.220 e. The highest BCUT2D eigenvalue weighted by Gasteiger charge is 2.08. The highest BCUT2D eigenvalue weighted by atomic mass is 79.9. The standard InChI is InChI=1S/C15H22BrNO/c1-12(2)10-14(16)11-17-15(18)9-8-13-6-4-3-5-7-13/h3-7,12,14H,8-11H2,1-2H3,(H,17,18). The lowest BCUT2D eigenvalue weighted by atomic mass is 10.1. The molecule has 1 aromatic carbocycles. The average Bonchev–Trinajstić information content (AvgIpc) is 2.34. The van der Waals surface area contributed by atoms with E-state index in [9.17, 15) is 4.79 Å². The van der Waals surface area contributed by atoms with Crippen molar-refractivity contribution in [3.05, 3.63) is 35.9 Å². The first-order chi connectivity index (χ1) is 8.58. The summed E-state index contributed by atoms with van der Waals surface area (Å²) in [6, 6.07) is 10.1. The molecular weight excluding hydrogens is 290 g/mol. The first-order valence-corrected chi connectivity index (χ1v) is 7.44. The fraction of sp³-hybridized carbons (Fsp3) is 0.533. The average molecular weight is 312 g/mol. The summed E-state index contributed by atoms with van der Waals surface area (Å²) < 4.78 is 0. The molecule has 1 unspecified atom stereocenters. The molecule has 1 atom stereocenters. The predicted molar refractivity (Wildman–Crippen MR) is 79.9 cm³/mol. The Hall–Kier alpha value is -0.830. The van der Waals surface area contributed by atoms with Crippen LogP contribution in [-0.2, 0) is 11.2 Å². The van der Waals surface area contributed by atoms with Gasteiger partial charge in [0.15, 0.2) is 0 Å². The van der Waals surface area contributed by atoms with Crippen molar-refractivity contribution in [1.29, 1.82) is 0 Å². The van der Waals surface area contributed by atoms with Gasteiger partial charge < -0.3 is 5.32 Å². The first-order valence-electron chi connectivity index (χ1n) is 6.52. The lowest BCUT2D eigenvalue weighted by molar-refractivity contribution is -0.121. The fourth-order valence-electron chi connectivity index (χ4n) is 1.81. The Balaban J connectivity index is 2.18. The molecule has 0 aliphatic carbocycles. The molecule has 0 fully saturated rings. The topological polar surface area (TPSA) is 29.1 Å². The first kappa shape index (κ1) is 15.2. The van der Waals surface area contributed by atoms with Gasteiger partial charge in [-0.3, -0.25) is 4.79 Å². The summed E-state index contributed by atoms with van der Waals surface area (Å²) in [5.74, 6) is 0.780. The highest BCUT2D eigenvalue weighted by Crippen LogP contribution is 2.11. The van der Waals surface area contributed by atoms with Crippen LogP contribution in [-0.4, -0.2) is 17.3 Å². The smallest absolute Gasteiger partial charge is 0.220 e. The summed E-state index contributed by atoms with van der Waals surface area (Å²) in [4.78, 5) is 12.0. The molecule has 0 saturated heterocycles. The van der Waals surface area contributed by atoms with Crippen molar-refractivity contribution >= 4 is 21.8 Å². The van der Waals surface area contributed by atoms with Crippen LogP contribution in [0.4, 0.5) is 0 Å². The largest absolute Gasteiger partial charge is 0.355 e. The van der Waals surface area contributed by atoms with Crippen LogP contribution in [0.15, 0.2) is 30.3 Å². The molecular formula is C15H22BrNO. The number of halogens is 1. The van der Waals surface area contributed by atoms with E-state index in [-0.39, 0.29) is 5.91 Å². The third kappa shape index (κ3) is 6.80. The summed E-state index contributed by atoms with van der Waals surface area (Å²) in [6.45, 7) is 5.09. The van der Waals surface area contributed by atoms with E-state index in [0.717, 1.165) is 12.8 Å². The van der Waals surface area contributed by atoms with Gasteiger partial charge >= 0.3 is 0 Å². The fourth-order valence-corrected chi connectivity index (χ4v) is 2.72. The Labute approximate surface area is 118 Å². The van der Waals surface area contributed by atoms with Gasteiger partial charge in [0, 0.05) is 17.8 Å². The molecule has 0 aliphatic heterocycles. The van der Waals surface area contributed by atoms with Crippen LogP contribution in [0.1, 0.15) is 32.3 Å². The molecule has 1 N–H and O–H groups in total.